The molecule has 0 aromatic heterocycles. The number of nitrogens with zero attached hydrogens (tertiary/aromatic N) is 1. The molecular formula is C11H17N3. The minimum atomic E-state index is 0.132. The number of nitrogens with one attached hydrogen (secondary N) is 1. The third kappa shape index (κ3) is 2.54. The average Bonchev–Trinajstić information content (AvgIpc) is 2.19. The van der Waals surface area contributed by atoms with Gasteiger partial charge < -0.3 is 5.73 Å². The van der Waals surface area contributed by atoms with Crippen molar-refractivity contribution in [3.05, 3.63) is 35.9 Å². The first-order valence-corrected chi connectivity index (χ1v) is 5.10. The molecule has 1 aromatic carbocycles. The molecule has 3 heteroatoms. The van der Waals surface area contributed by atoms with Crippen molar-refractivity contribution in [1.29, 1.82) is 0 Å². The molecule has 0 amide bonds. The van der Waals surface area contributed by atoms with Crippen LogP contribution in [0.2, 0.25) is 0 Å². The summed E-state index contributed by atoms with van der Waals surface area (Å²) in [7, 11) is 0. The van der Waals surface area contributed by atoms with Crippen LogP contribution in [0.4, 0.5) is 0 Å². The van der Waals surface area contributed by atoms with E-state index in [-0.39, 0.29) is 6.17 Å². The smallest absolute Gasteiger partial charge is 0.0678 e. The van der Waals surface area contributed by atoms with Crippen molar-refractivity contribution in [2.45, 2.75) is 12.7 Å². The predicted molar refractivity (Wildman–Crippen MR) is 57.7 cm³/mol. The number of rotatable bonds is 2. The average molecular weight is 191 g/mol. The minimum Gasteiger partial charge on any atom is -0.315 e. The highest BCUT2D eigenvalue weighted by molar-refractivity contribution is 5.14. The third-order valence-corrected chi connectivity index (χ3v) is 2.54. The summed E-state index contributed by atoms with van der Waals surface area (Å²) in [5.74, 6) is 0. The standard InChI is InChI=1S/C11H17N3/c12-11-9-14(7-6-13-11)8-10-4-2-1-3-5-10/h1-5,11,13H,6-9,12H2/t11-/m1/s1. The Hall–Kier alpha value is -0.900. The van der Waals surface area contributed by atoms with Crippen LogP contribution in [0.1, 0.15) is 5.56 Å². The van der Waals surface area contributed by atoms with Crippen molar-refractivity contribution in [2.24, 2.45) is 5.73 Å². The lowest BCUT2D eigenvalue weighted by Crippen LogP contribution is -2.54. The Labute approximate surface area is 84.9 Å². The van der Waals surface area contributed by atoms with Crippen LogP contribution in [0, 0.1) is 0 Å². The van der Waals surface area contributed by atoms with Gasteiger partial charge in [-0.15, -0.1) is 0 Å². The van der Waals surface area contributed by atoms with Gasteiger partial charge in [-0.1, -0.05) is 30.3 Å². The topological polar surface area (TPSA) is 41.3 Å². The Balaban J connectivity index is 1.91. The Kier molecular flexibility index (Phi) is 3.14. The highest BCUT2D eigenvalue weighted by atomic mass is 15.2. The first-order chi connectivity index (χ1) is 6.84. The van der Waals surface area contributed by atoms with Gasteiger partial charge in [0.05, 0.1) is 6.17 Å². The summed E-state index contributed by atoms with van der Waals surface area (Å²) in [5, 5.41) is 3.23. The maximum absolute atomic E-state index is 5.83. The molecule has 1 aromatic rings. The van der Waals surface area contributed by atoms with E-state index in [1.165, 1.54) is 5.56 Å². The van der Waals surface area contributed by atoms with E-state index in [9.17, 15) is 0 Å². The van der Waals surface area contributed by atoms with Gasteiger partial charge in [0.25, 0.3) is 0 Å². The maximum Gasteiger partial charge on any atom is 0.0678 e. The molecule has 1 aliphatic rings. The lowest BCUT2D eigenvalue weighted by atomic mass is 10.2. The first-order valence-electron chi connectivity index (χ1n) is 5.10. The molecule has 0 spiro atoms. The van der Waals surface area contributed by atoms with Crippen molar-refractivity contribution in [2.75, 3.05) is 19.6 Å². The van der Waals surface area contributed by atoms with Gasteiger partial charge in [-0.05, 0) is 5.56 Å². The molecule has 1 saturated heterocycles. The third-order valence-electron chi connectivity index (χ3n) is 2.54. The van der Waals surface area contributed by atoms with Crippen molar-refractivity contribution in [1.82, 2.24) is 10.2 Å². The zero-order chi connectivity index (χ0) is 9.80. The Morgan fingerprint density at radius 2 is 2.14 bits per heavy atom. The van der Waals surface area contributed by atoms with E-state index in [1.54, 1.807) is 0 Å². The largest absolute Gasteiger partial charge is 0.315 e. The fraction of sp³-hybridized carbons (Fsp3) is 0.455. The van der Waals surface area contributed by atoms with Crippen molar-refractivity contribution in [3.63, 3.8) is 0 Å². The van der Waals surface area contributed by atoms with E-state index in [4.69, 9.17) is 5.73 Å². The highest BCUT2D eigenvalue weighted by Crippen LogP contribution is 2.05. The summed E-state index contributed by atoms with van der Waals surface area (Å²) in [6, 6.07) is 10.5. The Morgan fingerprint density at radius 3 is 2.86 bits per heavy atom. The van der Waals surface area contributed by atoms with Gasteiger partial charge >= 0.3 is 0 Å². The fourth-order valence-electron chi connectivity index (χ4n) is 1.83. The number of hydrogen-bond donors (Lipinski definition) is 2. The molecular weight excluding hydrogens is 174 g/mol. The van der Waals surface area contributed by atoms with Gasteiger partial charge in [0, 0.05) is 26.2 Å². The van der Waals surface area contributed by atoms with E-state index in [0.717, 1.165) is 26.2 Å². The van der Waals surface area contributed by atoms with E-state index in [1.807, 2.05) is 6.07 Å². The Bertz CT molecular complexity index is 273. The molecule has 0 aliphatic carbocycles. The molecule has 1 heterocycles. The second-order valence-electron chi connectivity index (χ2n) is 3.78. The predicted octanol–water partition coefficient (Wildman–Crippen LogP) is 0.377. The van der Waals surface area contributed by atoms with Gasteiger partial charge in [0.15, 0.2) is 0 Å². The van der Waals surface area contributed by atoms with Crippen LogP contribution in [-0.2, 0) is 6.54 Å². The molecule has 0 saturated carbocycles. The minimum absolute atomic E-state index is 0.132. The molecule has 1 aliphatic heterocycles. The SMILES string of the molecule is N[C@H]1CN(Cc2ccccc2)CCN1. The zero-order valence-corrected chi connectivity index (χ0v) is 8.32. The number of benzene rings is 1. The lowest BCUT2D eigenvalue weighted by Gasteiger charge is -2.31. The van der Waals surface area contributed by atoms with E-state index in [0.29, 0.717) is 0 Å². The van der Waals surface area contributed by atoms with Crippen LogP contribution in [0.5, 0.6) is 0 Å². The highest BCUT2D eigenvalue weighted by Gasteiger charge is 2.15. The summed E-state index contributed by atoms with van der Waals surface area (Å²) in [6.07, 6.45) is 0.132. The molecule has 3 nitrogen and oxygen atoms in total. The van der Waals surface area contributed by atoms with E-state index in [2.05, 4.69) is 34.5 Å². The van der Waals surface area contributed by atoms with Crippen LogP contribution in [-0.4, -0.2) is 30.7 Å². The van der Waals surface area contributed by atoms with Crippen molar-refractivity contribution in [3.8, 4) is 0 Å². The summed E-state index contributed by atoms with van der Waals surface area (Å²) < 4.78 is 0. The maximum atomic E-state index is 5.83. The molecule has 14 heavy (non-hydrogen) atoms. The molecule has 0 bridgehead atoms. The van der Waals surface area contributed by atoms with Gasteiger partial charge in [-0.25, -0.2) is 0 Å². The van der Waals surface area contributed by atoms with Crippen LogP contribution in [0.15, 0.2) is 30.3 Å². The number of nitrogens with two attached hydrogens (primary N) is 1. The van der Waals surface area contributed by atoms with Gasteiger partial charge in [-0.3, -0.25) is 10.2 Å². The van der Waals surface area contributed by atoms with Gasteiger partial charge in [-0.2, -0.15) is 0 Å². The Morgan fingerprint density at radius 1 is 1.36 bits per heavy atom. The van der Waals surface area contributed by atoms with Crippen LogP contribution < -0.4 is 11.1 Å². The number of hydrogen-bond acceptors (Lipinski definition) is 3. The summed E-state index contributed by atoms with van der Waals surface area (Å²) in [4.78, 5) is 2.39. The van der Waals surface area contributed by atoms with Gasteiger partial charge in [0.2, 0.25) is 0 Å². The molecule has 2 rings (SSSR count). The normalized spacial score (nSPS) is 23.6. The number of piperazine rings is 1. The molecule has 0 radical (unpaired) electrons. The summed E-state index contributed by atoms with van der Waals surface area (Å²) in [5.41, 5.74) is 7.19. The second-order valence-corrected chi connectivity index (χ2v) is 3.78. The van der Waals surface area contributed by atoms with Crippen molar-refractivity contribution < 1.29 is 0 Å². The quantitative estimate of drug-likeness (QED) is 0.710. The summed E-state index contributed by atoms with van der Waals surface area (Å²) >= 11 is 0. The second kappa shape index (κ2) is 4.55. The molecule has 76 valence electrons. The molecule has 1 atom stereocenters. The lowest BCUT2D eigenvalue weighted by molar-refractivity contribution is 0.195. The van der Waals surface area contributed by atoms with Crippen LogP contribution in [0.25, 0.3) is 0 Å². The molecule has 1 fully saturated rings. The van der Waals surface area contributed by atoms with Crippen LogP contribution in [0.3, 0.4) is 0 Å². The molecule has 0 unspecified atom stereocenters. The fourth-order valence-corrected chi connectivity index (χ4v) is 1.83. The summed E-state index contributed by atoms with van der Waals surface area (Å²) in [6.45, 7) is 4.03. The zero-order valence-electron chi connectivity index (χ0n) is 8.32. The molecule has 3 N–H and O–H groups in total. The van der Waals surface area contributed by atoms with Crippen LogP contribution >= 0.6 is 0 Å². The van der Waals surface area contributed by atoms with Gasteiger partial charge in [0.1, 0.15) is 0 Å². The van der Waals surface area contributed by atoms with E-state index < -0.39 is 0 Å². The van der Waals surface area contributed by atoms with E-state index >= 15 is 0 Å². The monoisotopic (exact) mass is 191 g/mol. The first kappa shape index (κ1) is 9.65. The van der Waals surface area contributed by atoms with Crippen molar-refractivity contribution >= 4 is 0 Å².